The lowest BCUT2D eigenvalue weighted by Crippen LogP contribution is -2.37. The molecular formula is C20H27N3OS. The molecule has 25 heavy (non-hydrogen) atoms. The van der Waals surface area contributed by atoms with Gasteiger partial charge in [0, 0.05) is 44.3 Å². The summed E-state index contributed by atoms with van der Waals surface area (Å²) in [6.45, 7) is 2.18. The Morgan fingerprint density at radius 1 is 1.20 bits per heavy atom. The fraction of sp³-hybridized carbons (Fsp3) is 0.450. The van der Waals surface area contributed by atoms with Gasteiger partial charge in [-0.05, 0) is 48.5 Å². The SMILES string of the molecule is CN(Cc1ccc(N(C)C)cc1)C(=O)CN1CCC[C@@H]1c1cccs1. The quantitative estimate of drug-likeness (QED) is 0.790. The lowest BCUT2D eigenvalue weighted by Gasteiger charge is -2.26. The van der Waals surface area contributed by atoms with Gasteiger partial charge in [-0.2, -0.15) is 0 Å². The van der Waals surface area contributed by atoms with Crippen LogP contribution in [0.1, 0.15) is 29.3 Å². The third kappa shape index (κ3) is 4.41. The number of thiophene rings is 1. The van der Waals surface area contributed by atoms with E-state index in [4.69, 9.17) is 0 Å². The van der Waals surface area contributed by atoms with Crippen molar-refractivity contribution in [2.24, 2.45) is 0 Å². The molecule has 1 aliphatic heterocycles. The Morgan fingerprint density at radius 2 is 1.96 bits per heavy atom. The molecule has 0 aliphatic carbocycles. The summed E-state index contributed by atoms with van der Waals surface area (Å²) < 4.78 is 0. The van der Waals surface area contributed by atoms with E-state index in [-0.39, 0.29) is 5.91 Å². The molecule has 134 valence electrons. The molecule has 1 amide bonds. The highest BCUT2D eigenvalue weighted by Gasteiger charge is 2.28. The second-order valence-corrected chi connectivity index (χ2v) is 7.93. The van der Waals surface area contributed by atoms with E-state index in [0.717, 1.165) is 18.5 Å². The summed E-state index contributed by atoms with van der Waals surface area (Å²) in [5, 5.41) is 2.12. The molecule has 2 heterocycles. The van der Waals surface area contributed by atoms with E-state index in [9.17, 15) is 4.79 Å². The van der Waals surface area contributed by atoms with Crippen LogP contribution in [0.3, 0.4) is 0 Å². The number of likely N-dealkylation sites (N-methyl/N-ethyl adjacent to an activating group) is 1. The molecule has 1 fully saturated rings. The number of rotatable bonds is 6. The van der Waals surface area contributed by atoms with Gasteiger partial charge in [-0.3, -0.25) is 9.69 Å². The van der Waals surface area contributed by atoms with Gasteiger partial charge in [0.2, 0.25) is 5.91 Å². The molecule has 0 unspecified atom stereocenters. The number of hydrogen-bond donors (Lipinski definition) is 0. The molecule has 1 atom stereocenters. The molecule has 1 aromatic carbocycles. The molecule has 0 radical (unpaired) electrons. The summed E-state index contributed by atoms with van der Waals surface area (Å²) in [6, 6.07) is 13.1. The zero-order chi connectivity index (χ0) is 17.8. The van der Waals surface area contributed by atoms with Gasteiger partial charge in [0.15, 0.2) is 0 Å². The van der Waals surface area contributed by atoms with Crippen molar-refractivity contribution in [3.63, 3.8) is 0 Å². The number of benzene rings is 1. The molecular weight excluding hydrogens is 330 g/mol. The maximum Gasteiger partial charge on any atom is 0.236 e. The molecule has 1 aliphatic rings. The fourth-order valence-electron chi connectivity index (χ4n) is 3.37. The Labute approximate surface area is 154 Å². The maximum absolute atomic E-state index is 12.7. The largest absolute Gasteiger partial charge is 0.378 e. The molecule has 0 spiro atoms. The fourth-order valence-corrected chi connectivity index (χ4v) is 4.27. The Bertz CT molecular complexity index is 681. The van der Waals surface area contributed by atoms with E-state index in [1.165, 1.54) is 17.0 Å². The number of hydrogen-bond acceptors (Lipinski definition) is 4. The highest BCUT2D eigenvalue weighted by Crippen LogP contribution is 2.34. The van der Waals surface area contributed by atoms with Crippen molar-refractivity contribution in [1.82, 2.24) is 9.80 Å². The van der Waals surface area contributed by atoms with Gasteiger partial charge >= 0.3 is 0 Å². The second-order valence-electron chi connectivity index (χ2n) is 6.95. The van der Waals surface area contributed by atoms with Crippen molar-refractivity contribution in [3.8, 4) is 0 Å². The highest BCUT2D eigenvalue weighted by molar-refractivity contribution is 7.10. The first-order chi connectivity index (χ1) is 12.0. The minimum Gasteiger partial charge on any atom is -0.378 e. The second kappa shape index (κ2) is 8.02. The molecule has 0 saturated carbocycles. The molecule has 3 rings (SSSR count). The third-order valence-corrected chi connectivity index (χ3v) is 5.85. The number of likely N-dealkylation sites (tertiary alicyclic amines) is 1. The number of anilines is 1. The molecule has 4 nitrogen and oxygen atoms in total. The van der Waals surface area contributed by atoms with Crippen LogP contribution in [0, 0.1) is 0 Å². The van der Waals surface area contributed by atoms with Gasteiger partial charge in [0.05, 0.1) is 6.54 Å². The standard InChI is InChI=1S/C20H27N3OS/c1-21(2)17-10-8-16(9-11-17)14-22(3)20(24)15-23-12-4-6-18(23)19-7-5-13-25-19/h5,7-11,13,18H,4,6,12,14-15H2,1-3H3/t18-/m1/s1. The van der Waals surface area contributed by atoms with E-state index in [1.54, 1.807) is 11.3 Å². The van der Waals surface area contributed by atoms with Crippen molar-refractivity contribution in [2.75, 3.05) is 39.1 Å². The van der Waals surface area contributed by atoms with Gasteiger partial charge in [0.1, 0.15) is 0 Å². The average molecular weight is 358 g/mol. The van der Waals surface area contributed by atoms with Crippen LogP contribution in [0.5, 0.6) is 0 Å². The Hall–Kier alpha value is -1.85. The number of amides is 1. The van der Waals surface area contributed by atoms with E-state index in [0.29, 0.717) is 19.1 Å². The van der Waals surface area contributed by atoms with Gasteiger partial charge < -0.3 is 9.80 Å². The van der Waals surface area contributed by atoms with Crippen molar-refractivity contribution in [3.05, 3.63) is 52.2 Å². The van der Waals surface area contributed by atoms with Crippen LogP contribution in [0.2, 0.25) is 0 Å². The highest BCUT2D eigenvalue weighted by atomic mass is 32.1. The first-order valence-electron chi connectivity index (χ1n) is 8.82. The maximum atomic E-state index is 12.7. The normalized spacial score (nSPS) is 17.6. The first kappa shape index (κ1) is 18.0. The van der Waals surface area contributed by atoms with Crippen molar-refractivity contribution in [1.29, 1.82) is 0 Å². The average Bonchev–Trinajstić information content (AvgIpc) is 3.26. The monoisotopic (exact) mass is 357 g/mol. The molecule has 0 bridgehead atoms. The van der Waals surface area contributed by atoms with Gasteiger partial charge in [-0.25, -0.2) is 0 Å². The van der Waals surface area contributed by atoms with Crippen LogP contribution in [0.4, 0.5) is 5.69 Å². The minimum atomic E-state index is 0.195. The lowest BCUT2D eigenvalue weighted by atomic mass is 10.2. The van der Waals surface area contributed by atoms with Crippen LogP contribution in [0.25, 0.3) is 0 Å². The predicted octanol–water partition coefficient (Wildman–Crippen LogP) is 3.61. The minimum absolute atomic E-state index is 0.195. The van der Waals surface area contributed by atoms with Gasteiger partial charge in [-0.15, -0.1) is 11.3 Å². The summed E-state index contributed by atoms with van der Waals surface area (Å²) >= 11 is 1.80. The van der Waals surface area contributed by atoms with Crippen LogP contribution >= 0.6 is 11.3 Å². The summed E-state index contributed by atoms with van der Waals surface area (Å²) in [5.41, 5.74) is 2.34. The summed E-state index contributed by atoms with van der Waals surface area (Å²) in [4.78, 5) is 20.3. The molecule has 2 aromatic rings. The topological polar surface area (TPSA) is 26.8 Å². The molecule has 0 N–H and O–H groups in total. The third-order valence-electron chi connectivity index (χ3n) is 4.87. The summed E-state index contributed by atoms with van der Waals surface area (Å²) in [6.07, 6.45) is 2.33. The Morgan fingerprint density at radius 3 is 2.60 bits per heavy atom. The Balaban J connectivity index is 1.57. The van der Waals surface area contributed by atoms with Gasteiger partial charge in [-0.1, -0.05) is 18.2 Å². The van der Waals surface area contributed by atoms with Crippen LogP contribution in [0.15, 0.2) is 41.8 Å². The smallest absolute Gasteiger partial charge is 0.236 e. The van der Waals surface area contributed by atoms with E-state index >= 15 is 0 Å². The zero-order valence-electron chi connectivity index (χ0n) is 15.3. The zero-order valence-corrected chi connectivity index (χ0v) is 16.1. The summed E-state index contributed by atoms with van der Waals surface area (Å²) in [5.74, 6) is 0.195. The number of carbonyl (C=O) groups is 1. The predicted molar refractivity (Wildman–Crippen MR) is 105 cm³/mol. The van der Waals surface area contributed by atoms with Crippen LogP contribution < -0.4 is 4.90 Å². The van der Waals surface area contributed by atoms with Crippen LogP contribution in [-0.4, -0.2) is 49.9 Å². The van der Waals surface area contributed by atoms with E-state index < -0.39 is 0 Å². The van der Waals surface area contributed by atoms with Crippen molar-refractivity contribution >= 4 is 22.9 Å². The molecule has 1 aromatic heterocycles. The molecule has 5 heteroatoms. The van der Waals surface area contributed by atoms with E-state index in [1.807, 2.05) is 26.0 Å². The number of nitrogens with zero attached hydrogens (tertiary/aromatic N) is 3. The first-order valence-corrected chi connectivity index (χ1v) is 9.70. The van der Waals surface area contributed by atoms with Gasteiger partial charge in [0.25, 0.3) is 0 Å². The Kier molecular flexibility index (Phi) is 5.76. The number of carbonyl (C=O) groups excluding carboxylic acids is 1. The lowest BCUT2D eigenvalue weighted by molar-refractivity contribution is -0.131. The van der Waals surface area contributed by atoms with Crippen LogP contribution in [-0.2, 0) is 11.3 Å². The van der Waals surface area contributed by atoms with E-state index in [2.05, 4.69) is 51.6 Å². The molecule has 1 saturated heterocycles. The van der Waals surface area contributed by atoms with Crippen molar-refractivity contribution in [2.45, 2.75) is 25.4 Å². The summed E-state index contributed by atoms with van der Waals surface area (Å²) in [7, 11) is 5.97. The van der Waals surface area contributed by atoms with Crippen molar-refractivity contribution < 1.29 is 4.79 Å².